The molecule has 0 aromatic heterocycles. The lowest BCUT2D eigenvalue weighted by atomic mass is 10.1. The zero-order valence-electron chi connectivity index (χ0n) is 12.3. The third-order valence-electron chi connectivity index (χ3n) is 3.17. The second-order valence-corrected chi connectivity index (χ2v) is 5.74. The van der Waals surface area contributed by atoms with Gasteiger partial charge in [0.05, 0.1) is 18.2 Å². The van der Waals surface area contributed by atoms with E-state index in [0.29, 0.717) is 34.3 Å². The number of amides is 1. The Morgan fingerprint density at radius 2 is 1.87 bits per heavy atom. The summed E-state index contributed by atoms with van der Waals surface area (Å²) in [6.45, 7) is 0.827. The Balaban J connectivity index is 1.73. The van der Waals surface area contributed by atoms with Crippen molar-refractivity contribution in [2.24, 2.45) is 0 Å². The van der Waals surface area contributed by atoms with Crippen molar-refractivity contribution in [1.29, 1.82) is 5.26 Å². The minimum absolute atomic E-state index is 0.142. The fraction of sp³-hybridized carbons (Fsp3) is 0.176. The number of nitrogens with zero attached hydrogens (tertiary/aromatic N) is 1. The first-order valence-electron chi connectivity index (χ1n) is 7.03. The van der Waals surface area contributed by atoms with Crippen LogP contribution in [0.2, 0.25) is 10.0 Å². The average molecular weight is 348 g/mol. The van der Waals surface area contributed by atoms with Gasteiger partial charge in [-0.2, -0.15) is 5.26 Å². The van der Waals surface area contributed by atoms with Crippen LogP contribution in [0.1, 0.15) is 11.1 Å². The van der Waals surface area contributed by atoms with Crippen LogP contribution in [0.3, 0.4) is 0 Å². The van der Waals surface area contributed by atoms with Crippen LogP contribution in [0.4, 0.5) is 5.69 Å². The number of hydrogen-bond donors (Lipinski definition) is 2. The summed E-state index contributed by atoms with van der Waals surface area (Å²) in [6.07, 6.45) is 0.708. The summed E-state index contributed by atoms with van der Waals surface area (Å²) >= 11 is 11.9. The smallest absolute Gasteiger partial charge is 0.238 e. The van der Waals surface area contributed by atoms with Crippen molar-refractivity contribution in [3.63, 3.8) is 0 Å². The van der Waals surface area contributed by atoms with E-state index in [2.05, 4.69) is 10.6 Å². The van der Waals surface area contributed by atoms with Crippen molar-refractivity contribution in [2.75, 3.05) is 18.4 Å². The lowest BCUT2D eigenvalue weighted by molar-refractivity contribution is -0.115. The Kier molecular flexibility index (Phi) is 6.42. The Morgan fingerprint density at radius 1 is 1.13 bits per heavy atom. The van der Waals surface area contributed by atoms with Gasteiger partial charge in [0.25, 0.3) is 0 Å². The molecule has 0 aliphatic rings. The van der Waals surface area contributed by atoms with Crippen molar-refractivity contribution in [1.82, 2.24) is 5.32 Å². The molecule has 6 heteroatoms. The van der Waals surface area contributed by atoms with Crippen LogP contribution >= 0.6 is 23.2 Å². The predicted octanol–water partition coefficient (Wildman–Crippen LogP) is 3.64. The third kappa shape index (κ3) is 5.57. The van der Waals surface area contributed by atoms with Crippen molar-refractivity contribution < 1.29 is 4.79 Å². The highest BCUT2D eigenvalue weighted by molar-refractivity contribution is 6.35. The zero-order valence-corrected chi connectivity index (χ0v) is 13.8. The second-order valence-electron chi connectivity index (χ2n) is 4.90. The molecule has 0 spiro atoms. The molecular weight excluding hydrogens is 333 g/mol. The number of anilines is 1. The number of halogens is 2. The van der Waals surface area contributed by atoms with Crippen molar-refractivity contribution in [2.45, 2.75) is 6.42 Å². The second kappa shape index (κ2) is 8.54. The van der Waals surface area contributed by atoms with Crippen LogP contribution < -0.4 is 10.6 Å². The molecule has 0 heterocycles. The Morgan fingerprint density at radius 3 is 2.52 bits per heavy atom. The summed E-state index contributed by atoms with van der Waals surface area (Å²) in [5.41, 5.74) is 2.20. The average Bonchev–Trinajstić information content (AvgIpc) is 2.54. The first kappa shape index (κ1) is 17.3. The van der Waals surface area contributed by atoms with Crippen LogP contribution in [-0.4, -0.2) is 19.0 Å². The lowest BCUT2D eigenvalue weighted by Gasteiger charge is -2.08. The Bertz CT molecular complexity index is 724. The summed E-state index contributed by atoms with van der Waals surface area (Å²) < 4.78 is 0. The fourth-order valence-electron chi connectivity index (χ4n) is 1.98. The largest absolute Gasteiger partial charge is 0.325 e. The minimum Gasteiger partial charge on any atom is -0.325 e. The normalized spacial score (nSPS) is 10.1. The molecule has 118 valence electrons. The molecule has 0 aliphatic carbocycles. The molecule has 0 aliphatic heterocycles. The number of nitrogens with one attached hydrogen (secondary N) is 2. The first-order chi connectivity index (χ1) is 11.1. The molecule has 2 rings (SSSR count). The number of carbonyl (C=O) groups is 1. The van der Waals surface area contributed by atoms with E-state index in [1.165, 1.54) is 0 Å². The Labute approximate surface area is 145 Å². The highest BCUT2D eigenvalue weighted by atomic mass is 35.5. The number of nitriles is 1. The zero-order chi connectivity index (χ0) is 16.7. The lowest BCUT2D eigenvalue weighted by Crippen LogP contribution is -2.29. The predicted molar refractivity (Wildman–Crippen MR) is 92.8 cm³/mol. The number of rotatable bonds is 6. The van der Waals surface area contributed by atoms with Gasteiger partial charge in [0, 0.05) is 15.7 Å². The van der Waals surface area contributed by atoms with Crippen LogP contribution in [0.5, 0.6) is 0 Å². The van der Waals surface area contributed by atoms with E-state index in [0.717, 1.165) is 5.56 Å². The van der Waals surface area contributed by atoms with Gasteiger partial charge in [-0.3, -0.25) is 4.79 Å². The van der Waals surface area contributed by atoms with Gasteiger partial charge in [-0.15, -0.1) is 0 Å². The quantitative estimate of drug-likeness (QED) is 0.784. The van der Waals surface area contributed by atoms with E-state index in [1.54, 1.807) is 36.4 Å². The molecule has 2 aromatic rings. The van der Waals surface area contributed by atoms with Gasteiger partial charge in [0.15, 0.2) is 0 Å². The van der Waals surface area contributed by atoms with Crippen LogP contribution in [0, 0.1) is 11.3 Å². The third-order valence-corrected chi connectivity index (χ3v) is 3.76. The first-order valence-corrected chi connectivity index (χ1v) is 7.79. The molecule has 23 heavy (non-hydrogen) atoms. The number of benzene rings is 2. The molecule has 0 bridgehead atoms. The number of carbonyl (C=O) groups excluding carboxylic acids is 1. The topological polar surface area (TPSA) is 64.9 Å². The Hall–Kier alpha value is -2.06. The number of hydrogen-bond acceptors (Lipinski definition) is 3. The van der Waals surface area contributed by atoms with Crippen LogP contribution in [0.25, 0.3) is 0 Å². The maximum atomic E-state index is 11.8. The van der Waals surface area contributed by atoms with E-state index in [1.807, 2.05) is 12.1 Å². The van der Waals surface area contributed by atoms with Crippen LogP contribution in [0.15, 0.2) is 42.5 Å². The summed E-state index contributed by atoms with van der Waals surface area (Å²) in [6, 6.07) is 14.1. The van der Waals surface area contributed by atoms with Gasteiger partial charge >= 0.3 is 0 Å². The molecule has 0 saturated carbocycles. The van der Waals surface area contributed by atoms with Gasteiger partial charge in [-0.1, -0.05) is 29.3 Å². The van der Waals surface area contributed by atoms with Gasteiger partial charge < -0.3 is 10.6 Å². The minimum atomic E-state index is -0.142. The van der Waals surface area contributed by atoms with Gasteiger partial charge in [-0.25, -0.2) is 0 Å². The van der Waals surface area contributed by atoms with Crippen LogP contribution in [-0.2, 0) is 11.2 Å². The fourth-order valence-corrected chi connectivity index (χ4v) is 2.49. The summed E-state index contributed by atoms with van der Waals surface area (Å²) in [5.74, 6) is -0.142. The standard InChI is InChI=1S/C17H15Cl2N3O/c18-14-4-3-13(16(19)9-14)7-8-21-11-17(23)22-15-5-1-12(10-20)2-6-15/h1-6,9,21H,7-8,11H2,(H,22,23). The van der Waals surface area contributed by atoms with Gasteiger partial charge in [0.1, 0.15) is 0 Å². The maximum Gasteiger partial charge on any atom is 0.238 e. The van der Waals surface area contributed by atoms with Crippen molar-refractivity contribution in [3.05, 3.63) is 63.6 Å². The SMILES string of the molecule is N#Cc1ccc(NC(=O)CNCCc2ccc(Cl)cc2Cl)cc1. The molecule has 2 aromatic carbocycles. The molecule has 0 unspecified atom stereocenters. The van der Waals surface area contributed by atoms with E-state index >= 15 is 0 Å². The van der Waals surface area contributed by atoms with Crippen molar-refractivity contribution in [3.8, 4) is 6.07 Å². The molecule has 1 amide bonds. The van der Waals surface area contributed by atoms with E-state index < -0.39 is 0 Å². The highest BCUT2D eigenvalue weighted by Crippen LogP contribution is 2.21. The molecule has 4 nitrogen and oxygen atoms in total. The summed E-state index contributed by atoms with van der Waals surface area (Å²) in [5, 5.41) is 15.8. The van der Waals surface area contributed by atoms with Gasteiger partial charge in [-0.05, 0) is 54.9 Å². The molecule has 0 radical (unpaired) electrons. The van der Waals surface area contributed by atoms with E-state index in [4.69, 9.17) is 28.5 Å². The van der Waals surface area contributed by atoms with Crippen molar-refractivity contribution >= 4 is 34.8 Å². The highest BCUT2D eigenvalue weighted by Gasteiger charge is 2.04. The summed E-state index contributed by atoms with van der Waals surface area (Å²) in [4.78, 5) is 11.8. The molecule has 0 fully saturated rings. The van der Waals surface area contributed by atoms with E-state index in [-0.39, 0.29) is 12.5 Å². The van der Waals surface area contributed by atoms with E-state index in [9.17, 15) is 4.79 Å². The molecular formula is C17H15Cl2N3O. The molecule has 0 atom stereocenters. The van der Waals surface area contributed by atoms with Gasteiger partial charge in [0.2, 0.25) is 5.91 Å². The summed E-state index contributed by atoms with van der Waals surface area (Å²) in [7, 11) is 0. The maximum absolute atomic E-state index is 11.8. The molecule has 2 N–H and O–H groups in total. The monoisotopic (exact) mass is 347 g/mol. The molecule has 0 saturated heterocycles.